The van der Waals surface area contributed by atoms with E-state index in [1.807, 2.05) is 0 Å². The van der Waals surface area contributed by atoms with Crippen molar-refractivity contribution in [2.24, 2.45) is 5.92 Å². The number of carboxylic acid groups (broad SMARTS) is 1. The fourth-order valence-electron chi connectivity index (χ4n) is 2.75. The predicted octanol–water partition coefficient (Wildman–Crippen LogP) is 4.14. The van der Waals surface area contributed by atoms with Gasteiger partial charge >= 0.3 is 5.97 Å². The third-order valence-corrected chi connectivity index (χ3v) is 4.81. The van der Waals surface area contributed by atoms with Crippen molar-refractivity contribution in [2.75, 3.05) is 5.32 Å². The van der Waals surface area contributed by atoms with E-state index in [1.165, 1.54) is 38.2 Å². The quantitative estimate of drug-likeness (QED) is 0.829. The Balaban J connectivity index is 1.67. The van der Waals surface area contributed by atoms with Gasteiger partial charge in [0.25, 0.3) is 0 Å². The Kier molecular flexibility index (Phi) is 5.59. The summed E-state index contributed by atoms with van der Waals surface area (Å²) in [6.45, 7) is 0. The second kappa shape index (κ2) is 7.43. The molecule has 4 nitrogen and oxygen atoms in total. The molecule has 1 fully saturated rings. The molecule has 1 amide bonds. The molecule has 1 aromatic rings. The Morgan fingerprint density at radius 1 is 1.25 bits per heavy atom. The van der Waals surface area contributed by atoms with E-state index in [2.05, 4.69) is 5.32 Å². The summed E-state index contributed by atoms with van der Waals surface area (Å²) in [5.74, 6) is -0.163. The molecule has 1 aliphatic rings. The van der Waals surface area contributed by atoms with Crippen molar-refractivity contribution < 1.29 is 14.7 Å². The lowest BCUT2D eigenvalue weighted by Crippen LogP contribution is -2.12. The average molecular weight is 295 g/mol. The number of hydrogen-bond donors (Lipinski definition) is 2. The second-order valence-corrected chi connectivity index (χ2v) is 6.50. The molecular formula is C15H21NO3S. The second-order valence-electron chi connectivity index (χ2n) is 5.41. The Morgan fingerprint density at radius 3 is 2.65 bits per heavy atom. The van der Waals surface area contributed by atoms with Crippen molar-refractivity contribution in [2.45, 2.75) is 51.4 Å². The van der Waals surface area contributed by atoms with Gasteiger partial charge in [0.2, 0.25) is 5.91 Å². The Morgan fingerprint density at radius 2 is 2.00 bits per heavy atom. The zero-order chi connectivity index (χ0) is 14.4. The maximum atomic E-state index is 11.8. The normalized spacial score (nSPS) is 16.0. The number of nitrogens with one attached hydrogen (secondary N) is 1. The lowest BCUT2D eigenvalue weighted by molar-refractivity contribution is -0.116. The number of aromatic carboxylic acids is 1. The molecule has 0 saturated heterocycles. The maximum Gasteiger partial charge on any atom is 0.345 e. The molecule has 1 aromatic heterocycles. The van der Waals surface area contributed by atoms with Gasteiger partial charge in [-0.15, -0.1) is 11.3 Å². The summed E-state index contributed by atoms with van der Waals surface area (Å²) in [6.07, 6.45) is 9.25. The summed E-state index contributed by atoms with van der Waals surface area (Å²) < 4.78 is 0. The fourth-order valence-corrected chi connectivity index (χ4v) is 3.51. The lowest BCUT2D eigenvalue weighted by atomic mass is 9.86. The summed E-state index contributed by atoms with van der Waals surface area (Å²) in [5, 5.41) is 12.2. The van der Waals surface area contributed by atoms with Crippen LogP contribution in [0.15, 0.2) is 12.1 Å². The lowest BCUT2D eigenvalue weighted by Gasteiger charge is -2.21. The van der Waals surface area contributed by atoms with Crippen LogP contribution in [0.4, 0.5) is 5.00 Å². The third-order valence-electron chi connectivity index (χ3n) is 3.82. The van der Waals surface area contributed by atoms with E-state index >= 15 is 0 Å². The van der Waals surface area contributed by atoms with Crippen LogP contribution in [0.5, 0.6) is 0 Å². The van der Waals surface area contributed by atoms with Crippen molar-refractivity contribution in [1.82, 2.24) is 0 Å². The van der Waals surface area contributed by atoms with E-state index in [0.717, 1.165) is 30.1 Å². The van der Waals surface area contributed by atoms with Gasteiger partial charge in [0.05, 0.1) is 5.00 Å². The van der Waals surface area contributed by atoms with Gasteiger partial charge < -0.3 is 10.4 Å². The van der Waals surface area contributed by atoms with Crippen LogP contribution in [0.2, 0.25) is 0 Å². The molecule has 110 valence electrons. The molecule has 1 heterocycles. The number of amides is 1. The highest BCUT2D eigenvalue weighted by Gasteiger charge is 2.14. The molecule has 1 aliphatic carbocycles. The summed E-state index contributed by atoms with van der Waals surface area (Å²) >= 11 is 1.10. The zero-order valence-electron chi connectivity index (χ0n) is 11.6. The summed E-state index contributed by atoms with van der Waals surface area (Å²) in [6, 6.07) is 3.16. The fraction of sp³-hybridized carbons (Fsp3) is 0.600. The smallest absolute Gasteiger partial charge is 0.345 e. The first-order valence-corrected chi connectivity index (χ1v) is 8.10. The number of carbonyl (C=O) groups excluding carboxylic acids is 1. The van der Waals surface area contributed by atoms with E-state index in [9.17, 15) is 9.59 Å². The molecule has 0 aromatic carbocycles. The number of thiophene rings is 1. The highest BCUT2D eigenvalue weighted by atomic mass is 32.1. The minimum atomic E-state index is -0.951. The monoisotopic (exact) mass is 295 g/mol. The van der Waals surface area contributed by atoms with E-state index in [-0.39, 0.29) is 10.8 Å². The molecule has 2 N–H and O–H groups in total. The van der Waals surface area contributed by atoms with Crippen LogP contribution in [0.1, 0.15) is 61.0 Å². The molecule has 2 rings (SSSR count). The van der Waals surface area contributed by atoms with Gasteiger partial charge in [0.15, 0.2) is 0 Å². The van der Waals surface area contributed by atoms with Crippen molar-refractivity contribution in [3.05, 3.63) is 17.0 Å². The number of carboxylic acids is 1. The largest absolute Gasteiger partial charge is 0.477 e. The SMILES string of the molecule is O=C(CCCC1CCCCC1)Nc1ccc(C(=O)O)s1. The van der Waals surface area contributed by atoms with Gasteiger partial charge in [-0.25, -0.2) is 4.79 Å². The first kappa shape index (κ1) is 15.0. The first-order valence-electron chi connectivity index (χ1n) is 7.28. The molecule has 0 unspecified atom stereocenters. The van der Waals surface area contributed by atoms with Crippen molar-refractivity contribution in [3.8, 4) is 0 Å². The molecule has 1 saturated carbocycles. The third kappa shape index (κ3) is 4.63. The molecule has 0 spiro atoms. The van der Waals surface area contributed by atoms with Gasteiger partial charge in [-0.1, -0.05) is 32.1 Å². The van der Waals surface area contributed by atoms with Crippen molar-refractivity contribution in [3.63, 3.8) is 0 Å². The van der Waals surface area contributed by atoms with Crippen LogP contribution < -0.4 is 5.32 Å². The minimum absolute atomic E-state index is 0.0143. The first-order chi connectivity index (χ1) is 9.65. The van der Waals surface area contributed by atoms with Crippen LogP contribution >= 0.6 is 11.3 Å². The number of carbonyl (C=O) groups is 2. The van der Waals surface area contributed by atoms with E-state index in [1.54, 1.807) is 6.07 Å². The maximum absolute atomic E-state index is 11.8. The van der Waals surface area contributed by atoms with Crippen LogP contribution in [-0.2, 0) is 4.79 Å². The number of anilines is 1. The zero-order valence-corrected chi connectivity index (χ0v) is 12.4. The highest BCUT2D eigenvalue weighted by molar-refractivity contribution is 7.18. The van der Waals surface area contributed by atoms with Gasteiger partial charge in [-0.05, 0) is 30.9 Å². The van der Waals surface area contributed by atoms with Crippen molar-refractivity contribution in [1.29, 1.82) is 0 Å². The Bertz CT molecular complexity index is 463. The summed E-state index contributed by atoms with van der Waals surface area (Å²) in [5.41, 5.74) is 0. The van der Waals surface area contributed by atoms with Gasteiger partial charge in [0, 0.05) is 6.42 Å². The molecule has 0 aliphatic heterocycles. The number of rotatable bonds is 6. The predicted molar refractivity (Wildman–Crippen MR) is 80.3 cm³/mol. The van der Waals surface area contributed by atoms with Crippen LogP contribution in [0.3, 0.4) is 0 Å². The standard InChI is InChI=1S/C15H21NO3S/c17-13(8-4-7-11-5-2-1-3-6-11)16-14-10-9-12(20-14)15(18)19/h9-11H,1-8H2,(H,16,17)(H,18,19). The number of hydrogen-bond acceptors (Lipinski definition) is 3. The van der Waals surface area contributed by atoms with Crippen LogP contribution in [0.25, 0.3) is 0 Å². The van der Waals surface area contributed by atoms with Gasteiger partial charge in [0.1, 0.15) is 4.88 Å². The topological polar surface area (TPSA) is 66.4 Å². The molecular weight excluding hydrogens is 274 g/mol. The van der Waals surface area contributed by atoms with E-state index in [0.29, 0.717) is 11.4 Å². The summed E-state index contributed by atoms with van der Waals surface area (Å²) in [4.78, 5) is 22.8. The summed E-state index contributed by atoms with van der Waals surface area (Å²) in [7, 11) is 0. The molecule has 5 heteroatoms. The molecule has 0 atom stereocenters. The highest BCUT2D eigenvalue weighted by Crippen LogP contribution is 2.28. The van der Waals surface area contributed by atoms with Crippen molar-refractivity contribution >= 4 is 28.2 Å². The Hall–Kier alpha value is -1.36. The van der Waals surface area contributed by atoms with Crippen LogP contribution in [0, 0.1) is 5.92 Å². The van der Waals surface area contributed by atoms with E-state index < -0.39 is 5.97 Å². The average Bonchev–Trinajstić information content (AvgIpc) is 2.88. The Labute approximate surface area is 123 Å². The molecule has 0 bridgehead atoms. The van der Waals surface area contributed by atoms with Gasteiger partial charge in [-0.2, -0.15) is 0 Å². The van der Waals surface area contributed by atoms with Crippen LogP contribution in [-0.4, -0.2) is 17.0 Å². The van der Waals surface area contributed by atoms with E-state index in [4.69, 9.17) is 5.11 Å². The minimum Gasteiger partial charge on any atom is -0.477 e. The molecule has 20 heavy (non-hydrogen) atoms. The van der Waals surface area contributed by atoms with Gasteiger partial charge in [-0.3, -0.25) is 4.79 Å². The molecule has 0 radical (unpaired) electrons.